The van der Waals surface area contributed by atoms with E-state index in [0.717, 1.165) is 5.82 Å². The van der Waals surface area contributed by atoms with Crippen molar-refractivity contribution in [3.63, 3.8) is 0 Å². The summed E-state index contributed by atoms with van der Waals surface area (Å²) in [4.78, 5) is 21.2. The van der Waals surface area contributed by atoms with Gasteiger partial charge in [0.15, 0.2) is 17.2 Å². The molecule has 3 heterocycles. The molecule has 0 atom stereocenters. The molecule has 0 radical (unpaired) electrons. The molecule has 0 spiro atoms. The third-order valence-corrected chi connectivity index (χ3v) is 5.42. The molecule has 166 valence electrons. The Balaban J connectivity index is 1.32. The highest BCUT2D eigenvalue weighted by Gasteiger charge is 2.36. The predicted octanol–water partition coefficient (Wildman–Crippen LogP) is 3.77. The van der Waals surface area contributed by atoms with Crippen LogP contribution in [-0.2, 0) is 4.79 Å². The zero-order chi connectivity index (χ0) is 22.6. The van der Waals surface area contributed by atoms with Gasteiger partial charge in [-0.2, -0.15) is 0 Å². The van der Waals surface area contributed by atoms with Crippen molar-refractivity contribution in [2.24, 2.45) is 0 Å². The molecule has 0 bridgehead atoms. The summed E-state index contributed by atoms with van der Waals surface area (Å²) in [6.07, 6.45) is 1.71. The molecule has 3 aromatic rings. The lowest BCUT2D eigenvalue weighted by Gasteiger charge is -2.38. The standard InChI is InChI=1S/C23H25ClN6O2/c1-23(2,32-18-8-6-17(24)7-9-18)22(31)30-15-13-29(14-16-30)21-11-10-20(27-28-21)26-19-5-3-4-12-25-19/h3-12H,13-16H2,1-2H3,(H,25,26,27). The van der Waals surface area contributed by atoms with Gasteiger partial charge < -0.3 is 19.9 Å². The van der Waals surface area contributed by atoms with Crippen LogP contribution in [0.15, 0.2) is 60.8 Å². The van der Waals surface area contributed by atoms with Crippen molar-refractivity contribution in [1.29, 1.82) is 0 Å². The number of hydrogen-bond donors (Lipinski definition) is 1. The molecule has 4 rings (SSSR count). The monoisotopic (exact) mass is 452 g/mol. The van der Waals surface area contributed by atoms with Crippen molar-refractivity contribution in [3.05, 3.63) is 65.8 Å². The Hall–Kier alpha value is -3.39. The van der Waals surface area contributed by atoms with E-state index in [0.29, 0.717) is 48.6 Å². The van der Waals surface area contributed by atoms with Gasteiger partial charge in [0.25, 0.3) is 5.91 Å². The summed E-state index contributed by atoms with van der Waals surface area (Å²) >= 11 is 5.93. The molecule has 0 saturated carbocycles. The number of carbonyl (C=O) groups excluding carboxylic acids is 1. The van der Waals surface area contributed by atoms with Crippen LogP contribution in [-0.4, -0.2) is 57.8 Å². The van der Waals surface area contributed by atoms with Crippen LogP contribution in [0.3, 0.4) is 0 Å². The molecule has 1 fully saturated rings. The highest BCUT2D eigenvalue weighted by molar-refractivity contribution is 6.30. The number of nitrogens with zero attached hydrogens (tertiary/aromatic N) is 5. The van der Waals surface area contributed by atoms with Gasteiger partial charge in [-0.15, -0.1) is 10.2 Å². The van der Waals surface area contributed by atoms with E-state index in [-0.39, 0.29) is 5.91 Å². The van der Waals surface area contributed by atoms with Gasteiger partial charge in [0, 0.05) is 37.4 Å². The Bertz CT molecular complexity index is 1040. The van der Waals surface area contributed by atoms with Gasteiger partial charge in [0.05, 0.1) is 0 Å². The number of hydrogen-bond acceptors (Lipinski definition) is 7. The first-order chi connectivity index (χ1) is 15.4. The number of anilines is 3. The second-order valence-corrected chi connectivity index (χ2v) is 8.40. The zero-order valence-electron chi connectivity index (χ0n) is 18.0. The Morgan fingerprint density at radius 2 is 1.72 bits per heavy atom. The molecule has 1 N–H and O–H groups in total. The van der Waals surface area contributed by atoms with E-state index in [1.807, 2.05) is 35.2 Å². The van der Waals surface area contributed by atoms with Gasteiger partial charge in [-0.05, 0) is 62.4 Å². The average Bonchev–Trinajstić information content (AvgIpc) is 2.81. The summed E-state index contributed by atoms with van der Waals surface area (Å²) < 4.78 is 5.95. The van der Waals surface area contributed by atoms with Crippen molar-refractivity contribution in [2.45, 2.75) is 19.4 Å². The number of carbonyl (C=O) groups is 1. The summed E-state index contributed by atoms with van der Waals surface area (Å²) in [6.45, 7) is 6.09. The van der Waals surface area contributed by atoms with Crippen LogP contribution in [0.5, 0.6) is 5.75 Å². The van der Waals surface area contributed by atoms with Crippen molar-refractivity contribution < 1.29 is 9.53 Å². The molecule has 1 aliphatic rings. The number of ether oxygens (including phenoxy) is 1. The quantitative estimate of drug-likeness (QED) is 0.609. The van der Waals surface area contributed by atoms with Crippen LogP contribution in [0.2, 0.25) is 5.02 Å². The number of benzene rings is 1. The van der Waals surface area contributed by atoms with Crippen LogP contribution in [0.25, 0.3) is 0 Å². The third-order valence-electron chi connectivity index (χ3n) is 5.16. The topological polar surface area (TPSA) is 83.5 Å². The van der Waals surface area contributed by atoms with E-state index in [9.17, 15) is 4.79 Å². The van der Waals surface area contributed by atoms with E-state index < -0.39 is 5.60 Å². The van der Waals surface area contributed by atoms with Crippen molar-refractivity contribution in [2.75, 3.05) is 36.4 Å². The van der Waals surface area contributed by atoms with Gasteiger partial charge in [0.2, 0.25) is 0 Å². The minimum Gasteiger partial charge on any atom is -0.478 e. The third kappa shape index (κ3) is 5.26. The number of aromatic nitrogens is 3. The molecule has 2 aromatic heterocycles. The fourth-order valence-electron chi connectivity index (χ4n) is 3.49. The summed E-state index contributed by atoms with van der Waals surface area (Å²) in [7, 11) is 0. The fraction of sp³-hybridized carbons (Fsp3) is 0.304. The predicted molar refractivity (Wildman–Crippen MR) is 125 cm³/mol. The number of pyridine rings is 1. The van der Waals surface area contributed by atoms with Gasteiger partial charge in [-0.25, -0.2) is 4.98 Å². The second kappa shape index (κ2) is 9.40. The van der Waals surface area contributed by atoms with Crippen molar-refractivity contribution >= 4 is 35.0 Å². The normalized spacial score (nSPS) is 14.2. The summed E-state index contributed by atoms with van der Waals surface area (Å²) in [5.74, 6) is 2.68. The molecular weight excluding hydrogens is 428 g/mol. The van der Waals surface area contributed by atoms with Crippen LogP contribution >= 0.6 is 11.6 Å². The maximum absolute atomic E-state index is 13.1. The van der Waals surface area contributed by atoms with Crippen LogP contribution in [0.4, 0.5) is 17.5 Å². The van der Waals surface area contributed by atoms with Gasteiger partial charge >= 0.3 is 0 Å². The summed E-state index contributed by atoms with van der Waals surface area (Å²) in [5.41, 5.74) is -0.978. The lowest BCUT2D eigenvalue weighted by molar-refractivity contribution is -0.145. The first-order valence-corrected chi connectivity index (χ1v) is 10.8. The lowest BCUT2D eigenvalue weighted by atomic mass is 10.1. The van der Waals surface area contributed by atoms with Crippen molar-refractivity contribution in [1.82, 2.24) is 20.1 Å². The molecule has 0 aliphatic carbocycles. The Kier molecular flexibility index (Phi) is 6.41. The number of piperazine rings is 1. The van der Waals surface area contributed by atoms with Crippen molar-refractivity contribution in [3.8, 4) is 5.75 Å². The van der Waals surface area contributed by atoms with Gasteiger partial charge in [0.1, 0.15) is 11.6 Å². The zero-order valence-corrected chi connectivity index (χ0v) is 18.8. The Morgan fingerprint density at radius 3 is 2.34 bits per heavy atom. The minimum atomic E-state index is -0.978. The van der Waals surface area contributed by atoms with E-state index in [1.54, 1.807) is 44.3 Å². The lowest BCUT2D eigenvalue weighted by Crippen LogP contribution is -2.56. The van der Waals surface area contributed by atoms with Gasteiger partial charge in [-0.1, -0.05) is 17.7 Å². The average molecular weight is 453 g/mol. The minimum absolute atomic E-state index is 0.0481. The van der Waals surface area contributed by atoms with E-state index in [1.165, 1.54) is 0 Å². The highest BCUT2D eigenvalue weighted by atomic mass is 35.5. The number of nitrogens with one attached hydrogen (secondary N) is 1. The molecule has 1 aliphatic heterocycles. The molecule has 9 heteroatoms. The van der Waals surface area contributed by atoms with Crippen LogP contribution < -0.4 is 15.0 Å². The number of amides is 1. The highest BCUT2D eigenvalue weighted by Crippen LogP contribution is 2.23. The maximum Gasteiger partial charge on any atom is 0.266 e. The van der Waals surface area contributed by atoms with E-state index in [4.69, 9.17) is 16.3 Å². The maximum atomic E-state index is 13.1. The number of halogens is 1. The number of rotatable bonds is 6. The second-order valence-electron chi connectivity index (χ2n) is 7.96. The molecule has 32 heavy (non-hydrogen) atoms. The van der Waals surface area contributed by atoms with Crippen LogP contribution in [0, 0.1) is 0 Å². The Labute approximate surface area is 192 Å². The largest absolute Gasteiger partial charge is 0.478 e. The Morgan fingerprint density at radius 1 is 0.969 bits per heavy atom. The molecule has 1 amide bonds. The van der Waals surface area contributed by atoms with E-state index >= 15 is 0 Å². The molecule has 8 nitrogen and oxygen atoms in total. The smallest absolute Gasteiger partial charge is 0.266 e. The SMILES string of the molecule is CC(C)(Oc1ccc(Cl)cc1)C(=O)N1CCN(c2ccc(Nc3ccccn3)nn2)CC1. The van der Waals surface area contributed by atoms with Crippen LogP contribution in [0.1, 0.15) is 13.8 Å². The molecule has 0 unspecified atom stereocenters. The first-order valence-electron chi connectivity index (χ1n) is 10.4. The summed E-state index contributed by atoms with van der Waals surface area (Å²) in [6, 6.07) is 16.4. The molecular formula is C23H25ClN6O2. The first kappa shape index (κ1) is 21.8. The summed E-state index contributed by atoms with van der Waals surface area (Å²) in [5, 5.41) is 12.3. The fourth-order valence-corrected chi connectivity index (χ4v) is 3.61. The van der Waals surface area contributed by atoms with Gasteiger partial charge in [-0.3, -0.25) is 4.79 Å². The molecule has 1 saturated heterocycles. The molecule has 1 aromatic carbocycles. The van der Waals surface area contributed by atoms with E-state index in [2.05, 4.69) is 25.4 Å².